The first-order chi connectivity index (χ1) is 6.63. The second kappa shape index (κ2) is 4.88. The number of hydrogen-bond donors (Lipinski definition) is 2. The molecule has 0 saturated heterocycles. The van der Waals surface area contributed by atoms with Crippen LogP contribution in [0.2, 0.25) is 0 Å². The van der Waals surface area contributed by atoms with Crippen LogP contribution in [0.1, 0.15) is 24.5 Å². The number of H-pyrrole nitrogens is 1. The van der Waals surface area contributed by atoms with Gasteiger partial charge in [-0.2, -0.15) is 0 Å². The van der Waals surface area contributed by atoms with Gasteiger partial charge in [-0.25, -0.2) is 4.98 Å². The minimum atomic E-state index is -0.224. The molecule has 0 bridgehead atoms. The molecule has 78 valence electrons. The molecule has 1 rings (SSSR count). The van der Waals surface area contributed by atoms with E-state index in [1.54, 1.807) is 14.0 Å². The molecule has 0 radical (unpaired) electrons. The zero-order valence-electron chi connectivity index (χ0n) is 8.41. The molecular weight excluding hydrogens is 182 g/mol. The molecular formula is C9H15N3O2. The molecule has 0 aromatic carbocycles. The summed E-state index contributed by atoms with van der Waals surface area (Å²) < 4.78 is 4.89. The summed E-state index contributed by atoms with van der Waals surface area (Å²) in [4.78, 5) is 18.0. The number of aromatic amines is 1. The molecule has 0 saturated carbocycles. The topological polar surface area (TPSA) is 81.0 Å². The summed E-state index contributed by atoms with van der Waals surface area (Å²) in [7, 11) is 1.60. The first-order valence-electron chi connectivity index (χ1n) is 4.48. The fourth-order valence-electron chi connectivity index (χ4n) is 1.08. The molecule has 1 unspecified atom stereocenters. The maximum atomic E-state index is 11.2. The van der Waals surface area contributed by atoms with Crippen molar-refractivity contribution in [3.05, 3.63) is 27.9 Å². The first-order valence-corrected chi connectivity index (χ1v) is 4.48. The quantitative estimate of drug-likeness (QED) is 0.710. The third kappa shape index (κ3) is 2.93. The van der Waals surface area contributed by atoms with Gasteiger partial charge in [0, 0.05) is 25.6 Å². The van der Waals surface area contributed by atoms with Crippen LogP contribution in [0.5, 0.6) is 0 Å². The number of nitrogens with one attached hydrogen (secondary N) is 1. The average Bonchev–Trinajstić information content (AvgIpc) is 2.14. The molecule has 5 nitrogen and oxygen atoms in total. The smallest absolute Gasteiger partial charge is 0.251 e. The van der Waals surface area contributed by atoms with Crippen LogP contribution in [-0.2, 0) is 11.2 Å². The van der Waals surface area contributed by atoms with E-state index in [9.17, 15) is 4.79 Å². The molecule has 0 spiro atoms. The highest BCUT2D eigenvalue weighted by molar-refractivity contribution is 5.06. The predicted octanol–water partition coefficient (Wildman–Crippen LogP) is -0.0215. The van der Waals surface area contributed by atoms with E-state index >= 15 is 0 Å². The molecule has 0 aliphatic rings. The van der Waals surface area contributed by atoms with E-state index in [0.717, 1.165) is 0 Å². The fraction of sp³-hybridized carbons (Fsp3) is 0.556. The lowest BCUT2D eigenvalue weighted by Crippen LogP contribution is -2.18. The summed E-state index contributed by atoms with van der Waals surface area (Å²) >= 11 is 0. The van der Waals surface area contributed by atoms with Crippen molar-refractivity contribution < 1.29 is 4.74 Å². The monoisotopic (exact) mass is 197 g/mol. The Kier molecular flexibility index (Phi) is 3.79. The minimum absolute atomic E-state index is 0.168. The van der Waals surface area contributed by atoms with Crippen molar-refractivity contribution in [3.8, 4) is 0 Å². The van der Waals surface area contributed by atoms with Crippen LogP contribution in [0.15, 0.2) is 10.9 Å². The van der Waals surface area contributed by atoms with Crippen LogP contribution in [0.4, 0.5) is 0 Å². The molecule has 1 aromatic heterocycles. The van der Waals surface area contributed by atoms with Gasteiger partial charge < -0.3 is 15.5 Å². The van der Waals surface area contributed by atoms with Crippen LogP contribution in [0.25, 0.3) is 0 Å². The molecule has 1 aromatic rings. The summed E-state index contributed by atoms with van der Waals surface area (Å²) in [6.07, 6.45) is 0.590. The van der Waals surface area contributed by atoms with Crippen molar-refractivity contribution in [3.63, 3.8) is 0 Å². The molecule has 1 heterocycles. The predicted molar refractivity (Wildman–Crippen MR) is 53.0 cm³/mol. The Labute approximate surface area is 82.3 Å². The van der Waals surface area contributed by atoms with Gasteiger partial charge >= 0.3 is 0 Å². The van der Waals surface area contributed by atoms with Gasteiger partial charge in [0.1, 0.15) is 5.82 Å². The van der Waals surface area contributed by atoms with Crippen LogP contribution in [0, 0.1) is 0 Å². The lowest BCUT2D eigenvalue weighted by Gasteiger charge is -2.06. The zero-order valence-corrected chi connectivity index (χ0v) is 8.41. The standard InChI is InChI=1S/C9H15N3O2/c1-6(10)7-5-9(13)12-8(11-7)3-4-14-2/h5-6H,3-4,10H2,1-2H3,(H,11,12,13). The number of nitrogens with two attached hydrogens (primary N) is 1. The number of aromatic nitrogens is 2. The largest absolute Gasteiger partial charge is 0.384 e. The molecule has 14 heavy (non-hydrogen) atoms. The Bertz CT molecular complexity index is 346. The molecule has 1 atom stereocenters. The third-order valence-corrected chi connectivity index (χ3v) is 1.82. The van der Waals surface area contributed by atoms with Gasteiger partial charge in [-0.15, -0.1) is 0 Å². The average molecular weight is 197 g/mol. The van der Waals surface area contributed by atoms with Crippen LogP contribution in [-0.4, -0.2) is 23.7 Å². The van der Waals surface area contributed by atoms with Gasteiger partial charge in [-0.05, 0) is 6.92 Å². The van der Waals surface area contributed by atoms with Crippen molar-refractivity contribution in [1.29, 1.82) is 0 Å². The van der Waals surface area contributed by atoms with E-state index in [4.69, 9.17) is 10.5 Å². The number of rotatable bonds is 4. The number of methoxy groups -OCH3 is 1. The van der Waals surface area contributed by atoms with Gasteiger partial charge in [-0.1, -0.05) is 0 Å². The highest BCUT2D eigenvalue weighted by Crippen LogP contribution is 2.02. The normalized spacial score (nSPS) is 12.8. The highest BCUT2D eigenvalue weighted by atomic mass is 16.5. The van der Waals surface area contributed by atoms with E-state index in [1.165, 1.54) is 6.07 Å². The van der Waals surface area contributed by atoms with Crippen molar-refractivity contribution in [2.75, 3.05) is 13.7 Å². The van der Waals surface area contributed by atoms with E-state index in [0.29, 0.717) is 24.5 Å². The first kappa shape index (κ1) is 10.9. The minimum Gasteiger partial charge on any atom is -0.384 e. The summed E-state index contributed by atoms with van der Waals surface area (Å²) in [6, 6.07) is 1.19. The van der Waals surface area contributed by atoms with Gasteiger partial charge in [-0.3, -0.25) is 4.79 Å². The molecule has 0 aliphatic heterocycles. The van der Waals surface area contributed by atoms with E-state index in [1.807, 2.05) is 0 Å². The number of hydrogen-bond acceptors (Lipinski definition) is 4. The van der Waals surface area contributed by atoms with Gasteiger partial charge in [0.15, 0.2) is 0 Å². The van der Waals surface area contributed by atoms with E-state index in [-0.39, 0.29) is 11.6 Å². The molecule has 5 heteroatoms. The third-order valence-electron chi connectivity index (χ3n) is 1.82. The summed E-state index contributed by atoms with van der Waals surface area (Å²) in [5.41, 5.74) is 6.08. The maximum Gasteiger partial charge on any atom is 0.251 e. The zero-order chi connectivity index (χ0) is 10.6. The lowest BCUT2D eigenvalue weighted by molar-refractivity contribution is 0.200. The summed E-state index contributed by atoms with van der Waals surface area (Å²) in [5.74, 6) is 0.617. The molecule has 0 fully saturated rings. The van der Waals surface area contributed by atoms with Crippen molar-refractivity contribution in [1.82, 2.24) is 9.97 Å². The highest BCUT2D eigenvalue weighted by Gasteiger charge is 2.04. The van der Waals surface area contributed by atoms with Crippen molar-refractivity contribution in [2.45, 2.75) is 19.4 Å². The van der Waals surface area contributed by atoms with Crippen molar-refractivity contribution in [2.24, 2.45) is 5.73 Å². The summed E-state index contributed by atoms with van der Waals surface area (Å²) in [6.45, 7) is 2.33. The SMILES string of the molecule is COCCc1nc(C(C)N)cc(=O)[nH]1. The Hall–Kier alpha value is -1.20. The Balaban J connectivity index is 2.90. The Morgan fingerprint density at radius 1 is 1.71 bits per heavy atom. The van der Waals surface area contributed by atoms with Gasteiger partial charge in [0.25, 0.3) is 5.56 Å². The molecule has 3 N–H and O–H groups in total. The number of nitrogens with zero attached hydrogens (tertiary/aromatic N) is 1. The molecule has 0 amide bonds. The molecule has 0 aliphatic carbocycles. The van der Waals surface area contributed by atoms with Crippen LogP contribution < -0.4 is 11.3 Å². The number of ether oxygens (including phenoxy) is 1. The fourth-order valence-corrected chi connectivity index (χ4v) is 1.08. The second-order valence-electron chi connectivity index (χ2n) is 3.15. The van der Waals surface area contributed by atoms with Crippen LogP contribution >= 0.6 is 0 Å². The van der Waals surface area contributed by atoms with Gasteiger partial charge in [0.05, 0.1) is 12.3 Å². The lowest BCUT2D eigenvalue weighted by atomic mass is 10.2. The summed E-state index contributed by atoms with van der Waals surface area (Å²) in [5, 5.41) is 0. The Morgan fingerprint density at radius 2 is 2.43 bits per heavy atom. The van der Waals surface area contributed by atoms with E-state index < -0.39 is 0 Å². The second-order valence-corrected chi connectivity index (χ2v) is 3.15. The maximum absolute atomic E-state index is 11.2. The van der Waals surface area contributed by atoms with Gasteiger partial charge in [0.2, 0.25) is 0 Å². The Morgan fingerprint density at radius 3 is 3.00 bits per heavy atom. The van der Waals surface area contributed by atoms with E-state index in [2.05, 4.69) is 9.97 Å². The van der Waals surface area contributed by atoms with Crippen LogP contribution in [0.3, 0.4) is 0 Å². The van der Waals surface area contributed by atoms with Crippen molar-refractivity contribution >= 4 is 0 Å².